The van der Waals surface area contributed by atoms with E-state index in [9.17, 15) is 4.79 Å². The third-order valence-electron chi connectivity index (χ3n) is 3.07. The van der Waals surface area contributed by atoms with Gasteiger partial charge in [0.15, 0.2) is 11.7 Å². The van der Waals surface area contributed by atoms with Gasteiger partial charge in [-0.15, -0.1) is 0 Å². The standard InChI is InChI=1S/C16H28N4O3/c1-3-4-11-22-12-6-8-19-16(17-2)20-10-9-18-15(21)14-7-5-13-23-14/h5,7,13H,3-4,6,8-12H2,1-2H3,(H,18,21)(H2,17,19,20). The van der Waals surface area contributed by atoms with Crippen LogP contribution in [-0.4, -0.2) is 51.8 Å². The van der Waals surface area contributed by atoms with Gasteiger partial charge in [0.2, 0.25) is 0 Å². The molecule has 0 spiro atoms. The number of nitrogens with zero attached hydrogens (tertiary/aromatic N) is 1. The van der Waals surface area contributed by atoms with Gasteiger partial charge in [-0.25, -0.2) is 0 Å². The minimum Gasteiger partial charge on any atom is -0.459 e. The average Bonchev–Trinajstić information content (AvgIpc) is 3.10. The zero-order valence-electron chi connectivity index (χ0n) is 14.1. The number of unbranched alkanes of at least 4 members (excludes halogenated alkanes) is 1. The normalized spacial score (nSPS) is 11.3. The maximum Gasteiger partial charge on any atom is 0.287 e. The van der Waals surface area contributed by atoms with Crippen LogP contribution in [0, 0.1) is 0 Å². The van der Waals surface area contributed by atoms with Crippen molar-refractivity contribution in [1.82, 2.24) is 16.0 Å². The summed E-state index contributed by atoms with van der Waals surface area (Å²) in [5.41, 5.74) is 0. The summed E-state index contributed by atoms with van der Waals surface area (Å²) in [6, 6.07) is 3.32. The molecule has 0 radical (unpaired) electrons. The fourth-order valence-electron chi connectivity index (χ4n) is 1.80. The van der Waals surface area contributed by atoms with E-state index in [2.05, 4.69) is 27.9 Å². The molecule has 1 heterocycles. The number of aliphatic imine (C=N–C) groups is 1. The molecule has 0 saturated carbocycles. The second-order valence-corrected chi connectivity index (χ2v) is 4.98. The Morgan fingerprint density at radius 3 is 2.61 bits per heavy atom. The van der Waals surface area contributed by atoms with Crippen LogP contribution in [0.4, 0.5) is 0 Å². The van der Waals surface area contributed by atoms with Gasteiger partial charge in [-0.1, -0.05) is 13.3 Å². The van der Waals surface area contributed by atoms with E-state index in [1.807, 2.05) is 0 Å². The van der Waals surface area contributed by atoms with E-state index in [0.717, 1.165) is 39.0 Å². The summed E-state index contributed by atoms with van der Waals surface area (Å²) in [5, 5.41) is 9.10. The van der Waals surface area contributed by atoms with E-state index in [4.69, 9.17) is 9.15 Å². The smallest absolute Gasteiger partial charge is 0.287 e. The molecule has 0 aliphatic rings. The van der Waals surface area contributed by atoms with Gasteiger partial charge >= 0.3 is 0 Å². The summed E-state index contributed by atoms with van der Waals surface area (Å²) in [6.07, 6.45) is 4.68. The lowest BCUT2D eigenvalue weighted by atomic mass is 10.4. The molecule has 1 rings (SSSR count). The van der Waals surface area contributed by atoms with Crippen LogP contribution in [0.5, 0.6) is 0 Å². The summed E-state index contributed by atoms with van der Waals surface area (Å²) in [7, 11) is 1.72. The topological polar surface area (TPSA) is 87.9 Å². The third-order valence-corrected chi connectivity index (χ3v) is 3.07. The number of rotatable bonds is 11. The van der Waals surface area contributed by atoms with Gasteiger partial charge in [-0.2, -0.15) is 0 Å². The first kappa shape index (κ1) is 19.0. The van der Waals surface area contributed by atoms with Crippen LogP contribution >= 0.6 is 0 Å². The number of nitrogens with one attached hydrogen (secondary N) is 3. The van der Waals surface area contributed by atoms with Crippen LogP contribution in [0.1, 0.15) is 36.7 Å². The number of amides is 1. The second-order valence-electron chi connectivity index (χ2n) is 4.98. The number of guanidine groups is 1. The zero-order chi connectivity index (χ0) is 16.8. The molecule has 1 aromatic rings. The monoisotopic (exact) mass is 324 g/mol. The van der Waals surface area contributed by atoms with Crippen molar-refractivity contribution in [1.29, 1.82) is 0 Å². The van der Waals surface area contributed by atoms with Crippen molar-refractivity contribution in [3.63, 3.8) is 0 Å². The molecule has 7 heteroatoms. The van der Waals surface area contributed by atoms with E-state index >= 15 is 0 Å². The third kappa shape index (κ3) is 8.87. The van der Waals surface area contributed by atoms with Crippen molar-refractivity contribution in [3.05, 3.63) is 24.2 Å². The molecule has 0 saturated heterocycles. The minimum absolute atomic E-state index is 0.219. The molecule has 3 N–H and O–H groups in total. The van der Waals surface area contributed by atoms with Gasteiger partial charge < -0.3 is 25.1 Å². The highest BCUT2D eigenvalue weighted by atomic mass is 16.5. The summed E-state index contributed by atoms with van der Waals surface area (Å²) in [6.45, 7) is 5.60. The van der Waals surface area contributed by atoms with Crippen LogP contribution < -0.4 is 16.0 Å². The predicted octanol–water partition coefficient (Wildman–Crippen LogP) is 1.38. The number of carbonyl (C=O) groups excluding carboxylic acids is 1. The predicted molar refractivity (Wildman–Crippen MR) is 90.7 cm³/mol. The molecule has 7 nitrogen and oxygen atoms in total. The van der Waals surface area contributed by atoms with Crippen LogP contribution in [0.25, 0.3) is 0 Å². The van der Waals surface area contributed by atoms with Crippen LogP contribution in [0.15, 0.2) is 27.8 Å². The van der Waals surface area contributed by atoms with Crippen LogP contribution in [0.2, 0.25) is 0 Å². The first-order chi connectivity index (χ1) is 11.3. The minimum atomic E-state index is -0.219. The fraction of sp³-hybridized carbons (Fsp3) is 0.625. The van der Waals surface area contributed by atoms with Crippen molar-refractivity contribution in [3.8, 4) is 0 Å². The second kappa shape index (κ2) is 12.5. The first-order valence-electron chi connectivity index (χ1n) is 8.12. The summed E-state index contributed by atoms with van der Waals surface area (Å²) < 4.78 is 10.5. The van der Waals surface area contributed by atoms with Gasteiger partial charge in [0.05, 0.1) is 6.26 Å². The Morgan fingerprint density at radius 2 is 1.91 bits per heavy atom. The quantitative estimate of drug-likeness (QED) is 0.325. The fourth-order valence-corrected chi connectivity index (χ4v) is 1.80. The summed E-state index contributed by atoms with van der Waals surface area (Å²) in [4.78, 5) is 15.8. The van der Waals surface area contributed by atoms with Crippen molar-refractivity contribution in [2.75, 3.05) is 39.9 Å². The molecule has 23 heavy (non-hydrogen) atoms. The van der Waals surface area contributed by atoms with Gasteiger partial charge in [-0.3, -0.25) is 9.79 Å². The Kier molecular flexibility index (Phi) is 10.4. The van der Waals surface area contributed by atoms with Gasteiger partial charge in [0.1, 0.15) is 0 Å². The van der Waals surface area contributed by atoms with Gasteiger partial charge in [-0.05, 0) is 25.0 Å². The van der Waals surface area contributed by atoms with Gasteiger partial charge in [0, 0.05) is 39.9 Å². The molecule has 130 valence electrons. The van der Waals surface area contributed by atoms with Crippen LogP contribution in [0.3, 0.4) is 0 Å². The van der Waals surface area contributed by atoms with E-state index < -0.39 is 0 Å². The largest absolute Gasteiger partial charge is 0.459 e. The SMILES string of the molecule is CCCCOCCCNC(=NC)NCCNC(=O)c1ccco1. The molecular formula is C16H28N4O3. The molecule has 0 bridgehead atoms. The molecule has 0 unspecified atom stereocenters. The van der Waals surface area contributed by atoms with Gasteiger partial charge in [0.25, 0.3) is 5.91 Å². The number of hydrogen-bond acceptors (Lipinski definition) is 4. The molecule has 0 atom stereocenters. The number of ether oxygens (including phenoxy) is 1. The lowest BCUT2D eigenvalue weighted by Crippen LogP contribution is -2.41. The highest BCUT2D eigenvalue weighted by molar-refractivity contribution is 5.91. The lowest BCUT2D eigenvalue weighted by molar-refractivity contribution is 0.0926. The average molecular weight is 324 g/mol. The molecular weight excluding hydrogens is 296 g/mol. The number of hydrogen-bond donors (Lipinski definition) is 3. The molecule has 0 aliphatic heterocycles. The Hall–Kier alpha value is -2.02. The van der Waals surface area contributed by atoms with Crippen molar-refractivity contribution in [2.45, 2.75) is 26.2 Å². The van der Waals surface area contributed by atoms with Crippen molar-refractivity contribution >= 4 is 11.9 Å². The van der Waals surface area contributed by atoms with E-state index in [1.54, 1.807) is 19.2 Å². The van der Waals surface area contributed by atoms with Crippen molar-refractivity contribution in [2.24, 2.45) is 4.99 Å². The molecule has 0 aliphatic carbocycles. The number of furan rings is 1. The molecule has 0 aromatic carbocycles. The Labute approximate surface area is 137 Å². The molecule has 1 aromatic heterocycles. The summed E-state index contributed by atoms with van der Waals surface area (Å²) in [5.74, 6) is 0.811. The van der Waals surface area contributed by atoms with E-state index in [0.29, 0.717) is 24.8 Å². The van der Waals surface area contributed by atoms with E-state index in [1.165, 1.54) is 6.26 Å². The van der Waals surface area contributed by atoms with Crippen LogP contribution in [-0.2, 0) is 4.74 Å². The number of carbonyl (C=O) groups is 1. The Morgan fingerprint density at radius 1 is 1.17 bits per heavy atom. The molecule has 0 fully saturated rings. The zero-order valence-corrected chi connectivity index (χ0v) is 14.1. The lowest BCUT2D eigenvalue weighted by Gasteiger charge is -2.12. The maximum atomic E-state index is 11.6. The first-order valence-corrected chi connectivity index (χ1v) is 8.12. The highest BCUT2D eigenvalue weighted by Crippen LogP contribution is 1.98. The molecule has 1 amide bonds. The summed E-state index contributed by atoms with van der Waals surface area (Å²) >= 11 is 0. The van der Waals surface area contributed by atoms with E-state index in [-0.39, 0.29) is 5.91 Å². The van der Waals surface area contributed by atoms with Crippen molar-refractivity contribution < 1.29 is 13.9 Å². The Balaban J connectivity index is 2.02. The highest BCUT2D eigenvalue weighted by Gasteiger charge is 2.06. The maximum absolute atomic E-state index is 11.6. The Bertz CT molecular complexity index is 446.